The second kappa shape index (κ2) is 10.1. The van der Waals surface area contributed by atoms with Crippen LogP contribution in [0.25, 0.3) is 6.08 Å². The van der Waals surface area contributed by atoms with Crippen molar-refractivity contribution in [2.24, 2.45) is 0 Å². The number of carbonyl (C=O) groups is 2. The number of hydrogen-bond donors (Lipinski definition) is 2. The molecule has 2 aromatic carbocycles. The third kappa shape index (κ3) is 5.61. The van der Waals surface area contributed by atoms with Crippen LogP contribution in [-0.4, -0.2) is 41.6 Å². The highest BCUT2D eigenvalue weighted by atomic mass is 32.1. The molecule has 2 aromatic rings. The first kappa shape index (κ1) is 22.3. The van der Waals surface area contributed by atoms with Crippen molar-refractivity contribution in [3.63, 3.8) is 0 Å². The number of likely N-dealkylation sites (N-methyl/N-ethyl adjacent to an activating group) is 1. The topological polar surface area (TPSA) is 79.9 Å². The van der Waals surface area contributed by atoms with Crippen LogP contribution in [0, 0.1) is 6.92 Å². The number of thiocarbonyl (C=S) groups is 1. The molecule has 0 radical (unpaired) electrons. The van der Waals surface area contributed by atoms with Crippen molar-refractivity contribution in [2.75, 3.05) is 25.1 Å². The fourth-order valence-electron chi connectivity index (χ4n) is 3.00. The lowest BCUT2D eigenvalue weighted by Crippen LogP contribution is -2.30. The zero-order chi connectivity index (χ0) is 22.4. The average Bonchev–Trinajstić information content (AvgIpc) is 3.01. The summed E-state index contributed by atoms with van der Waals surface area (Å²) in [6, 6.07) is 12.8. The molecule has 0 aliphatic carbocycles. The summed E-state index contributed by atoms with van der Waals surface area (Å²) in [7, 11) is 0. The summed E-state index contributed by atoms with van der Waals surface area (Å²) in [6.45, 7) is 6.48. The maximum absolute atomic E-state index is 12.4. The average molecular weight is 440 g/mol. The van der Waals surface area contributed by atoms with Crippen LogP contribution < -0.4 is 20.1 Å². The highest BCUT2D eigenvalue weighted by Crippen LogP contribution is 2.30. The minimum atomic E-state index is -0.272. The SMILES string of the molecule is CCOc1cc(/C=C2/NC(=S)N(CC)C2=O)ccc1OCC(=O)Nc1ccc(C)cc1. The fourth-order valence-corrected chi connectivity index (χ4v) is 3.33. The van der Waals surface area contributed by atoms with Crippen LogP contribution in [-0.2, 0) is 9.59 Å². The van der Waals surface area contributed by atoms with Gasteiger partial charge in [-0.15, -0.1) is 0 Å². The first-order chi connectivity index (χ1) is 14.9. The Morgan fingerprint density at radius 1 is 1.13 bits per heavy atom. The van der Waals surface area contributed by atoms with Crippen LogP contribution in [0.4, 0.5) is 5.69 Å². The number of ether oxygens (including phenoxy) is 2. The number of amides is 2. The van der Waals surface area contributed by atoms with Crippen LogP contribution in [0.5, 0.6) is 11.5 Å². The molecular formula is C23H25N3O4S. The summed E-state index contributed by atoms with van der Waals surface area (Å²) < 4.78 is 11.3. The van der Waals surface area contributed by atoms with Gasteiger partial charge in [-0.3, -0.25) is 14.5 Å². The molecular weight excluding hydrogens is 414 g/mol. The van der Waals surface area contributed by atoms with E-state index >= 15 is 0 Å². The van der Waals surface area contributed by atoms with Gasteiger partial charge in [-0.25, -0.2) is 0 Å². The molecule has 0 unspecified atom stereocenters. The van der Waals surface area contributed by atoms with E-state index < -0.39 is 0 Å². The van der Waals surface area contributed by atoms with Crippen molar-refractivity contribution in [3.8, 4) is 11.5 Å². The van der Waals surface area contributed by atoms with Crippen molar-refractivity contribution < 1.29 is 19.1 Å². The van der Waals surface area contributed by atoms with Gasteiger partial charge in [0.05, 0.1) is 6.61 Å². The molecule has 0 aromatic heterocycles. The number of carbonyl (C=O) groups excluding carboxylic acids is 2. The van der Waals surface area contributed by atoms with Crippen molar-refractivity contribution in [3.05, 3.63) is 59.3 Å². The summed E-state index contributed by atoms with van der Waals surface area (Å²) in [5, 5.41) is 6.11. The van der Waals surface area contributed by atoms with Crippen LogP contribution in [0.2, 0.25) is 0 Å². The van der Waals surface area contributed by atoms with Crippen molar-refractivity contribution >= 4 is 40.9 Å². The van der Waals surface area contributed by atoms with Gasteiger partial charge < -0.3 is 20.1 Å². The normalized spacial score (nSPS) is 14.5. The van der Waals surface area contributed by atoms with Crippen molar-refractivity contribution in [1.82, 2.24) is 10.2 Å². The fraction of sp³-hybridized carbons (Fsp3) is 0.261. The van der Waals surface area contributed by atoms with E-state index in [1.54, 1.807) is 24.3 Å². The van der Waals surface area contributed by atoms with E-state index in [0.717, 1.165) is 11.1 Å². The second-order valence-electron chi connectivity index (χ2n) is 6.88. The molecule has 31 heavy (non-hydrogen) atoms. The summed E-state index contributed by atoms with van der Waals surface area (Å²) in [4.78, 5) is 26.1. The molecule has 2 N–H and O–H groups in total. The lowest BCUT2D eigenvalue weighted by Gasteiger charge is -2.13. The highest BCUT2D eigenvalue weighted by Gasteiger charge is 2.29. The minimum absolute atomic E-state index is 0.159. The third-order valence-electron chi connectivity index (χ3n) is 4.55. The quantitative estimate of drug-likeness (QED) is 0.484. The van der Waals surface area contributed by atoms with E-state index in [9.17, 15) is 9.59 Å². The molecule has 3 rings (SSSR count). The largest absolute Gasteiger partial charge is 0.490 e. The van der Waals surface area contributed by atoms with Gasteiger partial charge in [-0.1, -0.05) is 23.8 Å². The highest BCUT2D eigenvalue weighted by molar-refractivity contribution is 7.80. The summed E-state index contributed by atoms with van der Waals surface area (Å²) in [5.74, 6) is 0.491. The Morgan fingerprint density at radius 3 is 2.52 bits per heavy atom. The molecule has 8 heteroatoms. The number of hydrogen-bond acceptors (Lipinski definition) is 5. The minimum Gasteiger partial charge on any atom is -0.490 e. The van der Waals surface area contributed by atoms with Gasteiger partial charge in [0, 0.05) is 12.2 Å². The lowest BCUT2D eigenvalue weighted by atomic mass is 10.1. The van der Waals surface area contributed by atoms with Gasteiger partial charge in [-0.05, 0) is 68.9 Å². The van der Waals surface area contributed by atoms with E-state index in [0.29, 0.717) is 41.1 Å². The van der Waals surface area contributed by atoms with Gasteiger partial charge in [0.15, 0.2) is 23.2 Å². The zero-order valence-corrected chi connectivity index (χ0v) is 18.5. The molecule has 0 saturated carbocycles. The predicted octanol–water partition coefficient (Wildman–Crippen LogP) is 3.49. The number of nitrogens with zero attached hydrogens (tertiary/aromatic N) is 1. The predicted molar refractivity (Wildman–Crippen MR) is 124 cm³/mol. The Balaban J connectivity index is 1.69. The molecule has 1 heterocycles. The third-order valence-corrected chi connectivity index (χ3v) is 4.87. The van der Waals surface area contributed by atoms with E-state index in [4.69, 9.17) is 21.7 Å². The van der Waals surface area contributed by atoms with Gasteiger partial charge in [0.2, 0.25) is 0 Å². The van der Waals surface area contributed by atoms with Crippen LogP contribution in [0.15, 0.2) is 48.2 Å². The smallest absolute Gasteiger partial charge is 0.276 e. The van der Waals surface area contributed by atoms with Crippen LogP contribution >= 0.6 is 12.2 Å². The second-order valence-corrected chi connectivity index (χ2v) is 7.27. The van der Waals surface area contributed by atoms with Crippen LogP contribution in [0.1, 0.15) is 25.0 Å². The van der Waals surface area contributed by atoms with Crippen LogP contribution in [0.3, 0.4) is 0 Å². The molecule has 0 atom stereocenters. The maximum atomic E-state index is 12.4. The number of nitrogens with one attached hydrogen (secondary N) is 2. The van der Waals surface area contributed by atoms with E-state index in [1.165, 1.54) is 4.90 Å². The number of benzene rings is 2. The van der Waals surface area contributed by atoms with Gasteiger partial charge in [-0.2, -0.15) is 0 Å². The number of anilines is 1. The molecule has 162 valence electrons. The molecule has 1 fully saturated rings. The molecule has 2 amide bonds. The maximum Gasteiger partial charge on any atom is 0.276 e. The first-order valence-corrected chi connectivity index (χ1v) is 10.4. The monoisotopic (exact) mass is 439 g/mol. The molecule has 0 spiro atoms. The van der Waals surface area contributed by atoms with Crippen molar-refractivity contribution in [1.29, 1.82) is 0 Å². The van der Waals surface area contributed by atoms with Gasteiger partial charge >= 0.3 is 0 Å². The standard InChI is InChI=1S/C23H25N3O4S/c1-4-26-22(28)18(25-23(26)31)12-16-8-11-19(20(13-16)29-5-2)30-14-21(27)24-17-9-6-15(3)7-10-17/h6-13H,4-5,14H2,1-3H3,(H,24,27)(H,25,31)/b18-12+. The Labute approximate surface area is 187 Å². The van der Waals surface area contributed by atoms with Crippen molar-refractivity contribution in [2.45, 2.75) is 20.8 Å². The van der Waals surface area contributed by atoms with Gasteiger partial charge in [0.1, 0.15) is 5.70 Å². The van der Waals surface area contributed by atoms with E-state index in [-0.39, 0.29) is 18.4 Å². The zero-order valence-electron chi connectivity index (χ0n) is 17.7. The molecule has 1 aliphatic heterocycles. The number of rotatable bonds is 8. The van der Waals surface area contributed by atoms with E-state index in [1.807, 2.05) is 45.0 Å². The summed E-state index contributed by atoms with van der Waals surface area (Å²) in [5.41, 5.74) is 2.97. The first-order valence-electron chi connectivity index (χ1n) is 10.0. The Bertz CT molecular complexity index is 1020. The molecule has 0 bridgehead atoms. The Hall–Kier alpha value is -3.39. The molecule has 1 saturated heterocycles. The van der Waals surface area contributed by atoms with E-state index in [2.05, 4.69) is 10.6 Å². The number of aryl methyl sites for hydroxylation is 1. The molecule has 1 aliphatic rings. The van der Waals surface area contributed by atoms with Gasteiger partial charge in [0.25, 0.3) is 11.8 Å². The Kier molecular flexibility index (Phi) is 7.25. The summed E-state index contributed by atoms with van der Waals surface area (Å²) in [6.07, 6.45) is 1.71. The Morgan fingerprint density at radius 2 is 1.87 bits per heavy atom. The lowest BCUT2D eigenvalue weighted by molar-refractivity contribution is -0.122. The molecule has 7 nitrogen and oxygen atoms in total. The summed E-state index contributed by atoms with van der Waals surface area (Å²) >= 11 is 5.18.